The highest BCUT2D eigenvalue weighted by Crippen LogP contribution is 2.33. The summed E-state index contributed by atoms with van der Waals surface area (Å²) < 4.78 is 6.26. The number of aryl methyl sites for hydroxylation is 1. The number of fused-ring (bicyclic) bond motifs is 1. The second-order valence-electron chi connectivity index (χ2n) is 12.0. The lowest BCUT2D eigenvalue weighted by molar-refractivity contribution is 0.154. The Bertz CT molecular complexity index is 1990. The van der Waals surface area contributed by atoms with Gasteiger partial charge < -0.3 is 25.2 Å². The van der Waals surface area contributed by atoms with Crippen molar-refractivity contribution in [3.8, 4) is 34.3 Å². The molecule has 0 bridgehead atoms. The van der Waals surface area contributed by atoms with Gasteiger partial charge in [0.2, 0.25) is 11.8 Å². The molecular formula is C37H38N10O. The summed E-state index contributed by atoms with van der Waals surface area (Å²) in [4.78, 5) is 23.1. The van der Waals surface area contributed by atoms with Crippen LogP contribution in [0.3, 0.4) is 0 Å². The number of hydrogen-bond donors (Lipinski definition) is 2. The Morgan fingerprint density at radius 1 is 0.771 bits per heavy atom. The monoisotopic (exact) mass is 638 g/mol. The molecule has 1 aliphatic heterocycles. The van der Waals surface area contributed by atoms with Crippen LogP contribution >= 0.6 is 0 Å². The van der Waals surface area contributed by atoms with Crippen LogP contribution in [0.4, 0.5) is 17.5 Å². The molecular weight excluding hydrogens is 600 g/mol. The zero-order chi connectivity index (χ0) is 32.7. The van der Waals surface area contributed by atoms with Crippen molar-refractivity contribution in [2.24, 2.45) is 0 Å². The third-order valence-corrected chi connectivity index (χ3v) is 8.41. The van der Waals surface area contributed by atoms with E-state index < -0.39 is 0 Å². The summed E-state index contributed by atoms with van der Waals surface area (Å²) in [7, 11) is 2.18. The van der Waals surface area contributed by atoms with Gasteiger partial charge in [-0.15, -0.1) is 10.2 Å². The Labute approximate surface area is 280 Å². The number of pyridine rings is 2. The highest BCUT2D eigenvalue weighted by molar-refractivity contribution is 6.00. The fourth-order valence-electron chi connectivity index (χ4n) is 5.74. The van der Waals surface area contributed by atoms with E-state index in [0.29, 0.717) is 23.4 Å². The molecule has 11 nitrogen and oxygen atoms in total. The molecule has 48 heavy (non-hydrogen) atoms. The van der Waals surface area contributed by atoms with E-state index in [-0.39, 0.29) is 0 Å². The first-order valence-electron chi connectivity index (χ1n) is 16.3. The summed E-state index contributed by atoms with van der Waals surface area (Å²) >= 11 is 0. The van der Waals surface area contributed by atoms with E-state index in [1.807, 2.05) is 85.8 Å². The van der Waals surface area contributed by atoms with Crippen LogP contribution in [0, 0.1) is 6.92 Å². The molecule has 1 saturated heterocycles. The molecule has 4 aromatic heterocycles. The number of nitrogens with zero attached hydrogens (tertiary/aromatic N) is 8. The number of aromatic nitrogens is 6. The topological polar surface area (TPSA) is 117 Å². The summed E-state index contributed by atoms with van der Waals surface area (Å²) in [6.45, 7) is 8.42. The number of anilines is 3. The van der Waals surface area contributed by atoms with Crippen molar-refractivity contribution in [1.82, 2.24) is 39.9 Å². The number of nitrogens with one attached hydrogen (secondary N) is 2. The molecule has 2 aromatic carbocycles. The summed E-state index contributed by atoms with van der Waals surface area (Å²) in [6.07, 6.45) is 6.30. The van der Waals surface area contributed by atoms with Gasteiger partial charge in [-0.25, -0.2) is 15.0 Å². The van der Waals surface area contributed by atoms with Crippen LogP contribution in [0.15, 0.2) is 97.5 Å². The fraction of sp³-hybridized carbons (Fsp3) is 0.243. The number of rotatable bonds is 11. The molecule has 0 saturated carbocycles. The minimum absolute atomic E-state index is 0.468. The molecule has 6 aromatic rings. The Morgan fingerprint density at radius 3 is 2.42 bits per heavy atom. The van der Waals surface area contributed by atoms with Crippen molar-refractivity contribution in [2.75, 3.05) is 56.9 Å². The van der Waals surface area contributed by atoms with Crippen LogP contribution in [-0.4, -0.2) is 86.2 Å². The minimum atomic E-state index is 0.468. The van der Waals surface area contributed by atoms with Crippen molar-refractivity contribution in [1.29, 1.82) is 0 Å². The molecule has 11 heteroatoms. The molecule has 0 unspecified atom stereocenters. The molecule has 5 heterocycles. The highest BCUT2D eigenvalue weighted by atomic mass is 16.5. The zero-order valence-electron chi connectivity index (χ0n) is 27.2. The molecule has 0 aliphatic carbocycles. The molecule has 2 N–H and O–H groups in total. The van der Waals surface area contributed by atoms with Crippen LogP contribution in [0.2, 0.25) is 0 Å². The molecule has 7 rings (SSSR count). The normalized spacial score (nSPS) is 13.8. The molecule has 0 amide bonds. The van der Waals surface area contributed by atoms with Crippen molar-refractivity contribution in [2.45, 2.75) is 13.3 Å². The van der Waals surface area contributed by atoms with Crippen molar-refractivity contribution in [3.05, 3.63) is 103 Å². The minimum Gasteiger partial charge on any atom is -0.438 e. The van der Waals surface area contributed by atoms with Gasteiger partial charge in [-0.1, -0.05) is 24.3 Å². The maximum atomic E-state index is 6.26. The fourth-order valence-corrected chi connectivity index (χ4v) is 5.74. The number of benzene rings is 2. The van der Waals surface area contributed by atoms with Crippen LogP contribution in [0.25, 0.3) is 33.4 Å². The van der Waals surface area contributed by atoms with Crippen LogP contribution in [0.5, 0.6) is 11.6 Å². The van der Waals surface area contributed by atoms with Gasteiger partial charge in [-0.2, -0.15) is 0 Å². The van der Waals surface area contributed by atoms with Crippen molar-refractivity contribution < 1.29 is 4.74 Å². The van der Waals surface area contributed by atoms with Gasteiger partial charge in [-0.3, -0.25) is 4.98 Å². The van der Waals surface area contributed by atoms with E-state index in [4.69, 9.17) is 9.72 Å². The first-order chi connectivity index (χ1) is 23.6. The van der Waals surface area contributed by atoms with E-state index in [9.17, 15) is 0 Å². The summed E-state index contributed by atoms with van der Waals surface area (Å²) in [6, 6.07) is 25.5. The maximum absolute atomic E-state index is 6.26. The molecule has 0 atom stereocenters. The quantitative estimate of drug-likeness (QED) is 0.153. The van der Waals surface area contributed by atoms with Gasteiger partial charge >= 0.3 is 0 Å². The summed E-state index contributed by atoms with van der Waals surface area (Å²) in [5.41, 5.74) is 5.04. The summed E-state index contributed by atoms with van der Waals surface area (Å²) in [5, 5.41) is 17.8. The molecule has 242 valence electrons. The number of hydrogen-bond acceptors (Lipinski definition) is 11. The second kappa shape index (κ2) is 14.5. The van der Waals surface area contributed by atoms with Crippen LogP contribution in [-0.2, 0) is 0 Å². The van der Waals surface area contributed by atoms with Gasteiger partial charge in [0.25, 0.3) is 0 Å². The third-order valence-electron chi connectivity index (χ3n) is 8.41. The lowest BCUT2D eigenvalue weighted by Crippen LogP contribution is -2.44. The third kappa shape index (κ3) is 7.38. The first kappa shape index (κ1) is 31.1. The van der Waals surface area contributed by atoms with Gasteiger partial charge in [0, 0.05) is 67.8 Å². The molecule has 0 spiro atoms. The number of ether oxygens (including phenoxy) is 1. The van der Waals surface area contributed by atoms with Gasteiger partial charge in [0.1, 0.15) is 11.4 Å². The van der Waals surface area contributed by atoms with Gasteiger partial charge in [-0.05, 0) is 87.1 Å². The highest BCUT2D eigenvalue weighted by Gasteiger charge is 2.15. The lowest BCUT2D eigenvalue weighted by atomic mass is 10.1. The number of likely N-dealkylation sites (N-methyl/N-ethyl adjacent to an activating group) is 1. The van der Waals surface area contributed by atoms with E-state index in [0.717, 1.165) is 90.4 Å². The Hall–Kier alpha value is -5.52. The largest absolute Gasteiger partial charge is 0.438 e. The lowest BCUT2D eigenvalue weighted by Gasteiger charge is -2.32. The maximum Gasteiger partial charge on any atom is 0.228 e. The second-order valence-corrected chi connectivity index (χ2v) is 12.0. The molecule has 0 radical (unpaired) electrons. The van der Waals surface area contributed by atoms with E-state index in [1.165, 1.54) is 0 Å². The van der Waals surface area contributed by atoms with E-state index >= 15 is 0 Å². The average molecular weight is 639 g/mol. The predicted molar refractivity (Wildman–Crippen MR) is 190 cm³/mol. The van der Waals surface area contributed by atoms with Gasteiger partial charge in [0.05, 0.1) is 17.0 Å². The smallest absolute Gasteiger partial charge is 0.228 e. The average Bonchev–Trinajstić information content (AvgIpc) is 3.12. The summed E-state index contributed by atoms with van der Waals surface area (Å²) in [5.74, 6) is 2.37. The Balaban J connectivity index is 1.02. The SMILES string of the molecule is Cc1ccnc(-c2nnc(Nc3ccc(Oc4ncccc4-c4ccnc(NCCCN5CCN(C)CC5)n4)cc3)c3ccccc23)c1. The standard InChI is InChI=1S/C37H38N10O/c1-26-14-18-38-33(25-26)34-29-7-3-4-8-30(29)35(45-44-34)42-27-10-12-28(13-11-27)48-36-31(9-5-16-39-36)32-15-19-41-37(43-32)40-17-6-20-47-23-21-46(2)22-24-47/h3-5,7-16,18-19,25H,6,17,20-24H2,1-2H3,(H,42,45)(H,40,41,43). The Kier molecular flexibility index (Phi) is 9.39. The zero-order valence-corrected chi connectivity index (χ0v) is 27.2. The van der Waals surface area contributed by atoms with Gasteiger partial charge in [0.15, 0.2) is 5.82 Å². The van der Waals surface area contributed by atoms with Crippen LogP contribution in [0.1, 0.15) is 12.0 Å². The Morgan fingerprint density at radius 2 is 1.58 bits per heavy atom. The van der Waals surface area contributed by atoms with Crippen molar-refractivity contribution >= 4 is 28.2 Å². The first-order valence-corrected chi connectivity index (χ1v) is 16.3. The molecule has 1 fully saturated rings. The van der Waals surface area contributed by atoms with E-state index in [1.54, 1.807) is 18.6 Å². The molecule has 1 aliphatic rings. The predicted octanol–water partition coefficient (Wildman–Crippen LogP) is 6.44. The van der Waals surface area contributed by atoms with Crippen molar-refractivity contribution in [3.63, 3.8) is 0 Å². The van der Waals surface area contributed by atoms with Crippen LogP contribution < -0.4 is 15.4 Å². The van der Waals surface area contributed by atoms with E-state index in [2.05, 4.69) is 52.6 Å². The number of piperazine rings is 1.